The quantitative estimate of drug-likeness (QED) is 0.284. The first kappa shape index (κ1) is 30.4. The molecule has 0 spiro atoms. The highest BCUT2D eigenvalue weighted by Gasteiger charge is 2.61. The lowest BCUT2D eigenvalue weighted by molar-refractivity contribution is -0.123. The second-order valence-corrected chi connectivity index (χ2v) is 12.3. The Morgan fingerprint density at radius 3 is 2.37 bits per heavy atom. The third kappa shape index (κ3) is 6.08. The normalized spacial score (nSPS) is 22.2. The van der Waals surface area contributed by atoms with E-state index in [0.717, 1.165) is 6.07 Å². The fraction of sp³-hybridized carbons (Fsp3) is 0.323. The molecule has 1 fully saturated rings. The average Bonchev–Trinajstić information content (AvgIpc) is 3.22. The van der Waals surface area contributed by atoms with E-state index in [1.807, 2.05) is 20.8 Å². The molecule has 0 aliphatic carbocycles. The lowest BCUT2D eigenvalue weighted by atomic mass is 9.62. The molecule has 1 aliphatic rings. The molecule has 4 rings (SSSR count). The number of nitriles is 1. The van der Waals surface area contributed by atoms with E-state index in [1.54, 1.807) is 12.1 Å². The van der Waals surface area contributed by atoms with Gasteiger partial charge < -0.3 is 15.7 Å². The van der Waals surface area contributed by atoms with Crippen LogP contribution in [-0.2, 0) is 16.8 Å². The molecule has 1 saturated heterocycles. The Kier molecular flexibility index (Phi) is 8.74. The van der Waals surface area contributed by atoms with Gasteiger partial charge in [0.25, 0.3) is 0 Å². The molecule has 6 nitrogen and oxygen atoms in total. The van der Waals surface area contributed by atoms with Crippen LogP contribution in [0.4, 0.5) is 8.78 Å². The van der Waals surface area contributed by atoms with Crippen LogP contribution in [0.1, 0.15) is 60.2 Å². The van der Waals surface area contributed by atoms with Gasteiger partial charge in [-0.1, -0.05) is 74.3 Å². The van der Waals surface area contributed by atoms with Crippen molar-refractivity contribution < 1.29 is 23.5 Å². The van der Waals surface area contributed by atoms with Gasteiger partial charge in [-0.25, -0.2) is 13.6 Å². The van der Waals surface area contributed by atoms with E-state index >= 15 is 8.78 Å². The molecular weight excluding hydrogens is 571 g/mol. The largest absolute Gasteiger partial charge is 0.478 e. The van der Waals surface area contributed by atoms with Gasteiger partial charge >= 0.3 is 5.97 Å². The van der Waals surface area contributed by atoms with Crippen LogP contribution in [0.3, 0.4) is 0 Å². The molecule has 1 aliphatic heterocycles. The molecule has 3 N–H and O–H groups in total. The zero-order valence-corrected chi connectivity index (χ0v) is 24.2. The highest BCUT2D eigenvalue weighted by molar-refractivity contribution is 6.31. The first-order chi connectivity index (χ1) is 19.3. The van der Waals surface area contributed by atoms with E-state index in [2.05, 4.69) is 16.7 Å². The summed E-state index contributed by atoms with van der Waals surface area (Å²) in [6, 6.07) is 14.7. The monoisotopic (exact) mass is 599 g/mol. The summed E-state index contributed by atoms with van der Waals surface area (Å²) in [4.78, 5) is 25.0. The first-order valence-corrected chi connectivity index (χ1v) is 13.7. The molecular formula is C31H29Cl2F2N3O3. The number of hydrogen-bond donors (Lipinski definition) is 3. The zero-order chi connectivity index (χ0) is 30.1. The van der Waals surface area contributed by atoms with E-state index < -0.39 is 46.9 Å². The number of carbonyl (C=O) groups is 2. The van der Waals surface area contributed by atoms with E-state index in [0.29, 0.717) is 12.0 Å². The van der Waals surface area contributed by atoms with Gasteiger partial charge in [0.1, 0.15) is 17.0 Å². The van der Waals surface area contributed by atoms with Crippen molar-refractivity contribution in [3.63, 3.8) is 0 Å². The highest BCUT2D eigenvalue weighted by Crippen LogP contribution is 2.52. The van der Waals surface area contributed by atoms with Crippen molar-refractivity contribution >= 4 is 35.1 Å². The summed E-state index contributed by atoms with van der Waals surface area (Å²) < 4.78 is 31.4. The molecule has 1 heterocycles. The minimum atomic E-state index is -1.72. The Bertz CT molecular complexity index is 1520. The van der Waals surface area contributed by atoms with Crippen molar-refractivity contribution in [2.45, 2.75) is 57.2 Å². The Labute approximate surface area is 247 Å². The van der Waals surface area contributed by atoms with Crippen LogP contribution in [0, 0.1) is 28.4 Å². The van der Waals surface area contributed by atoms with Gasteiger partial charge in [0.05, 0.1) is 22.7 Å². The summed E-state index contributed by atoms with van der Waals surface area (Å²) in [6.07, 6.45) is 0.349. The molecule has 0 bridgehead atoms. The van der Waals surface area contributed by atoms with Crippen molar-refractivity contribution in [3.8, 4) is 6.07 Å². The molecule has 0 radical (unpaired) electrons. The SMILES string of the molecule is CC(C)(C)C[C@@H]1N[C@@H](C(=O)NCc2ccc(C(=O)O)cc2)[C@H](c2cccc(Cl)c2F)[C@@]1(C#N)c1ccc(Cl)cc1F. The van der Waals surface area contributed by atoms with Crippen molar-refractivity contribution in [2.24, 2.45) is 5.41 Å². The van der Waals surface area contributed by atoms with Crippen molar-refractivity contribution in [1.82, 2.24) is 10.6 Å². The first-order valence-electron chi connectivity index (χ1n) is 12.9. The number of nitrogens with one attached hydrogen (secondary N) is 2. The molecule has 4 atom stereocenters. The molecule has 3 aromatic carbocycles. The van der Waals surface area contributed by atoms with Crippen LogP contribution >= 0.6 is 23.2 Å². The molecule has 214 valence electrons. The summed E-state index contributed by atoms with van der Waals surface area (Å²) in [5.41, 5.74) is -1.36. The number of carboxylic acid groups (broad SMARTS) is 1. The van der Waals surface area contributed by atoms with E-state index in [1.165, 1.54) is 42.5 Å². The Hall–Kier alpha value is -3.51. The van der Waals surface area contributed by atoms with Crippen LogP contribution in [0.2, 0.25) is 10.0 Å². The molecule has 0 unspecified atom stereocenters. The topological polar surface area (TPSA) is 102 Å². The standard InChI is InChI=1S/C31H29Cl2F2N3O3/c1-30(2,3)14-24-31(16-36,21-12-11-19(32)13-23(21)34)25(20-5-4-6-22(33)26(20)35)27(38-24)28(39)37-15-17-7-9-18(10-8-17)29(40)41/h4-13,24-25,27,38H,14-15H2,1-3H3,(H,37,39)(H,40,41)/t24-,25-,27+,31-/m0/s1. The third-order valence-corrected chi connectivity index (χ3v) is 7.93. The van der Waals surface area contributed by atoms with Gasteiger partial charge in [-0.05, 0) is 53.3 Å². The Morgan fingerprint density at radius 2 is 1.78 bits per heavy atom. The van der Waals surface area contributed by atoms with Gasteiger partial charge in [0.15, 0.2) is 0 Å². The molecule has 41 heavy (non-hydrogen) atoms. The van der Waals surface area contributed by atoms with Crippen LogP contribution in [0.25, 0.3) is 0 Å². The lowest BCUT2D eigenvalue weighted by Crippen LogP contribution is -2.45. The molecule has 0 saturated carbocycles. The van der Waals surface area contributed by atoms with Gasteiger partial charge in [0, 0.05) is 29.1 Å². The number of rotatable bonds is 7. The smallest absolute Gasteiger partial charge is 0.335 e. The summed E-state index contributed by atoms with van der Waals surface area (Å²) in [7, 11) is 0. The zero-order valence-electron chi connectivity index (χ0n) is 22.6. The predicted molar refractivity (Wildman–Crippen MR) is 153 cm³/mol. The minimum absolute atomic E-state index is 0.00303. The maximum Gasteiger partial charge on any atom is 0.335 e. The van der Waals surface area contributed by atoms with Crippen molar-refractivity contribution in [3.05, 3.63) is 105 Å². The maximum absolute atomic E-state index is 15.7. The number of halogens is 4. The average molecular weight is 600 g/mol. The number of amides is 1. The van der Waals surface area contributed by atoms with Crippen LogP contribution in [0.15, 0.2) is 60.7 Å². The van der Waals surface area contributed by atoms with Crippen LogP contribution in [-0.4, -0.2) is 29.1 Å². The Balaban J connectivity index is 1.85. The Morgan fingerprint density at radius 1 is 1.10 bits per heavy atom. The highest BCUT2D eigenvalue weighted by atomic mass is 35.5. The van der Waals surface area contributed by atoms with E-state index in [4.69, 9.17) is 28.3 Å². The van der Waals surface area contributed by atoms with Crippen molar-refractivity contribution in [1.29, 1.82) is 5.26 Å². The number of nitrogens with zero attached hydrogens (tertiary/aromatic N) is 1. The molecule has 10 heteroatoms. The fourth-order valence-corrected chi connectivity index (χ4v) is 5.96. The third-order valence-electron chi connectivity index (χ3n) is 7.40. The van der Waals surface area contributed by atoms with Crippen LogP contribution < -0.4 is 10.6 Å². The number of hydrogen-bond acceptors (Lipinski definition) is 4. The summed E-state index contributed by atoms with van der Waals surface area (Å²) >= 11 is 12.2. The van der Waals surface area contributed by atoms with E-state index in [-0.39, 0.29) is 38.7 Å². The summed E-state index contributed by atoms with van der Waals surface area (Å²) in [5.74, 6) is -4.33. The van der Waals surface area contributed by atoms with Crippen molar-refractivity contribution in [2.75, 3.05) is 0 Å². The minimum Gasteiger partial charge on any atom is -0.478 e. The van der Waals surface area contributed by atoms with Crippen LogP contribution in [0.5, 0.6) is 0 Å². The van der Waals surface area contributed by atoms with Gasteiger partial charge in [-0.2, -0.15) is 5.26 Å². The molecule has 0 aromatic heterocycles. The van der Waals surface area contributed by atoms with Gasteiger partial charge in [-0.15, -0.1) is 0 Å². The van der Waals surface area contributed by atoms with Gasteiger partial charge in [-0.3, -0.25) is 4.79 Å². The predicted octanol–water partition coefficient (Wildman–Crippen LogP) is 6.61. The number of carboxylic acids is 1. The second kappa shape index (κ2) is 11.8. The second-order valence-electron chi connectivity index (χ2n) is 11.4. The lowest BCUT2D eigenvalue weighted by Gasteiger charge is -2.37. The van der Waals surface area contributed by atoms with Gasteiger partial charge in [0.2, 0.25) is 5.91 Å². The van der Waals surface area contributed by atoms with E-state index in [9.17, 15) is 14.9 Å². The summed E-state index contributed by atoms with van der Waals surface area (Å²) in [5, 5.41) is 26.0. The fourth-order valence-electron chi connectivity index (χ4n) is 5.62. The maximum atomic E-state index is 15.7. The number of aromatic carboxylic acids is 1. The molecule has 3 aromatic rings. The number of benzene rings is 3. The summed E-state index contributed by atoms with van der Waals surface area (Å²) in [6.45, 7) is 5.91. The molecule has 1 amide bonds. The number of carbonyl (C=O) groups excluding carboxylic acids is 1.